The number of methoxy groups -OCH3 is 1. The van der Waals surface area contributed by atoms with Gasteiger partial charge in [0, 0.05) is 31.1 Å². The van der Waals surface area contributed by atoms with Crippen LogP contribution in [0.15, 0.2) is 31.1 Å². The number of anilines is 1. The number of nitrogens with zero attached hydrogens (tertiary/aromatic N) is 6. The van der Waals surface area contributed by atoms with Crippen molar-refractivity contribution in [1.82, 2.24) is 29.7 Å². The van der Waals surface area contributed by atoms with Crippen LogP contribution in [0.5, 0.6) is 11.5 Å². The van der Waals surface area contributed by atoms with Crippen LogP contribution in [0.2, 0.25) is 5.02 Å². The van der Waals surface area contributed by atoms with E-state index >= 15 is 0 Å². The zero-order valence-electron chi connectivity index (χ0n) is 16.0. The molecule has 9 nitrogen and oxygen atoms in total. The van der Waals surface area contributed by atoms with Crippen LogP contribution in [-0.2, 0) is 13.7 Å². The fourth-order valence-corrected chi connectivity index (χ4v) is 3.25. The normalized spacial score (nSPS) is 11.0. The van der Waals surface area contributed by atoms with Gasteiger partial charge in [-0.15, -0.1) is 0 Å². The number of halogens is 1. The Hall–Kier alpha value is -3.46. The van der Waals surface area contributed by atoms with Crippen molar-refractivity contribution in [1.29, 1.82) is 0 Å². The molecular weight excluding hydrogens is 394 g/mol. The highest BCUT2D eigenvalue weighted by atomic mass is 35.5. The number of aryl methyl sites for hydroxylation is 1. The maximum absolute atomic E-state index is 6.29. The van der Waals surface area contributed by atoms with E-state index < -0.39 is 0 Å². The van der Waals surface area contributed by atoms with Crippen molar-refractivity contribution in [2.24, 2.45) is 7.05 Å². The Labute approximate surface area is 171 Å². The average molecular weight is 412 g/mol. The van der Waals surface area contributed by atoms with E-state index in [4.69, 9.17) is 26.8 Å². The summed E-state index contributed by atoms with van der Waals surface area (Å²) in [6, 6.07) is 1.75. The summed E-state index contributed by atoms with van der Waals surface area (Å²) in [5.74, 6) is 1.84. The van der Waals surface area contributed by atoms with Crippen LogP contribution >= 0.6 is 11.6 Å². The highest BCUT2D eigenvalue weighted by molar-refractivity contribution is 6.31. The lowest BCUT2D eigenvalue weighted by atomic mass is 9.98. The summed E-state index contributed by atoms with van der Waals surface area (Å²) in [4.78, 5) is 17.0. The Bertz CT molecular complexity index is 1210. The minimum atomic E-state index is 0.157. The zero-order valence-corrected chi connectivity index (χ0v) is 16.8. The first kappa shape index (κ1) is 18.9. The SMILES string of the molecule is COc1cc(OCc2ncn(C)n2)c2c(N)ncnc2c1-c1cncc(Cl)c1C. The Morgan fingerprint density at radius 1 is 1.17 bits per heavy atom. The van der Waals surface area contributed by atoms with E-state index in [9.17, 15) is 0 Å². The molecule has 10 heteroatoms. The summed E-state index contributed by atoms with van der Waals surface area (Å²) in [6.45, 7) is 2.07. The van der Waals surface area contributed by atoms with Crippen molar-refractivity contribution in [2.45, 2.75) is 13.5 Å². The number of pyridine rings is 1. The molecule has 4 rings (SSSR count). The van der Waals surface area contributed by atoms with Gasteiger partial charge in [-0.3, -0.25) is 9.67 Å². The number of hydrogen-bond acceptors (Lipinski definition) is 8. The van der Waals surface area contributed by atoms with E-state index in [1.807, 2.05) is 6.92 Å². The number of nitrogens with two attached hydrogens (primary N) is 1. The second-order valence-electron chi connectivity index (χ2n) is 6.35. The summed E-state index contributed by atoms with van der Waals surface area (Å²) in [6.07, 6.45) is 6.32. The lowest BCUT2D eigenvalue weighted by Crippen LogP contribution is -2.04. The Morgan fingerprint density at radius 3 is 2.72 bits per heavy atom. The average Bonchev–Trinajstić information content (AvgIpc) is 3.13. The lowest BCUT2D eigenvalue weighted by Gasteiger charge is -2.17. The van der Waals surface area contributed by atoms with Crippen molar-refractivity contribution in [3.8, 4) is 22.6 Å². The number of benzene rings is 1. The Balaban J connectivity index is 1.92. The molecule has 0 saturated carbocycles. The highest BCUT2D eigenvalue weighted by Gasteiger charge is 2.21. The maximum Gasteiger partial charge on any atom is 0.188 e. The predicted molar refractivity (Wildman–Crippen MR) is 109 cm³/mol. The van der Waals surface area contributed by atoms with Crippen LogP contribution in [0, 0.1) is 6.92 Å². The Morgan fingerprint density at radius 2 is 2.00 bits per heavy atom. The minimum absolute atomic E-state index is 0.157. The number of aromatic nitrogens is 6. The molecule has 0 aliphatic carbocycles. The molecule has 2 N–H and O–H groups in total. The van der Waals surface area contributed by atoms with E-state index in [1.165, 1.54) is 6.33 Å². The molecule has 0 fully saturated rings. The first-order valence-electron chi connectivity index (χ1n) is 8.68. The van der Waals surface area contributed by atoms with Gasteiger partial charge in [-0.2, -0.15) is 5.10 Å². The van der Waals surface area contributed by atoms with Gasteiger partial charge >= 0.3 is 0 Å². The van der Waals surface area contributed by atoms with Crippen LogP contribution in [-0.4, -0.2) is 36.8 Å². The molecule has 0 amide bonds. The van der Waals surface area contributed by atoms with E-state index in [1.54, 1.807) is 43.6 Å². The summed E-state index contributed by atoms with van der Waals surface area (Å²) >= 11 is 6.29. The van der Waals surface area contributed by atoms with Gasteiger partial charge in [0.25, 0.3) is 0 Å². The molecule has 29 heavy (non-hydrogen) atoms. The number of rotatable bonds is 5. The van der Waals surface area contributed by atoms with Gasteiger partial charge in [0.15, 0.2) is 5.82 Å². The van der Waals surface area contributed by atoms with E-state index in [0.29, 0.717) is 38.8 Å². The van der Waals surface area contributed by atoms with Gasteiger partial charge in [0.1, 0.15) is 36.6 Å². The van der Waals surface area contributed by atoms with Crippen molar-refractivity contribution in [3.63, 3.8) is 0 Å². The molecule has 0 spiro atoms. The van der Waals surface area contributed by atoms with Crippen molar-refractivity contribution in [3.05, 3.63) is 47.5 Å². The fourth-order valence-electron chi connectivity index (χ4n) is 3.09. The van der Waals surface area contributed by atoms with Gasteiger partial charge in [-0.25, -0.2) is 15.0 Å². The summed E-state index contributed by atoms with van der Waals surface area (Å²) in [5.41, 5.74) is 9.12. The smallest absolute Gasteiger partial charge is 0.188 e. The molecular formula is C19H18ClN7O2. The van der Waals surface area contributed by atoms with Gasteiger partial charge < -0.3 is 15.2 Å². The highest BCUT2D eigenvalue weighted by Crippen LogP contribution is 2.44. The van der Waals surface area contributed by atoms with Crippen molar-refractivity contribution < 1.29 is 9.47 Å². The molecule has 0 unspecified atom stereocenters. The number of nitrogen functional groups attached to an aromatic ring is 1. The third-order valence-electron chi connectivity index (χ3n) is 4.52. The topological polar surface area (TPSA) is 114 Å². The number of fused-ring (bicyclic) bond motifs is 1. The minimum Gasteiger partial charge on any atom is -0.496 e. The molecule has 0 aliphatic rings. The van der Waals surface area contributed by atoms with Gasteiger partial charge in [-0.1, -0.05) is 11.6 Å². The van der Waals surface area contributed by atoms with E-state index in [-0.39, 0.29) is 12.4 Å². The summed E-state index contributed by atoms with van der Waals surface area (Å²) in [7, 11) is 3.36. The molecule has 1 aromatic carbocycles. The molecule has 0 saturated heterocycles. The molecule has 4 aromatic rings. The number of ether oxygens (including phenoxy) is 2. The molecule has 148 valence electrons. The third-order valence-corrected chi connectivity index (χ3v) is 4.90. The quantitative estimate of drug-likeness (QED) is 0.533. The first-order chi connectivity index (χ1) is 14.0. The summed E-state index contributed by atoms with van der Waals surface area (Å²) in [5, 5.41) is 5.33. The largest absolute Gasteiger partial charge is 0.496 e. The predicted octanol–water partition coefficient (Wildman–Crippen LogP) is 2.95. The molecule has 3 heterocycles. The second kappa shape index (κ2) is 7.51. The lowest BCUT2D eigenvalue weighted by molar-refractivity contribution is 0.297. The van der Waals surface area contributed by atoms with Gasteiger partial charge in [-0.05, 0) is 12.5 Å². The van der Waals surface area contributed by atoms with E-state index in [2.05, 4.69) is 25.0 Å². The third kappa shape index (κ3) is 3.40. The standard InChI is InChI=1S/C19H18ClN7O2/c1-10-11(5-22-6-12(10)20)16-13(28-3)4-14(17-18(16)23-8-24-19(17)21)29-7-15-25-9-27(2)26-15/h4-6,8-9H,7H2,1-3H3,(H2,21,23,24). The second-order valence-corrected chi connectivity index (χ2v) is 6.76. The zero-order chi connectivity index (χ0) is 20.5. The number of hydrogen-bond donors (Lipinski definition) is 1. The van der Waals surface area contributed by atoms with Crippen LogP contribution in [0.4, 0.5) is 5.82 Å². The molecule has 3 aromatic heterocycles. The van der Waals surface area contributed by atoms with Crippen LogP contribution in [0.25, 0.3) is 22.0 Å². The van der Waals surface area contributed by atoms with Crippen LogP contribution in [0.1, 0.15) is 11.4 Å². The fraction of sp³-hybridized carbons (Fsp3) is 0.211. The maximum atomic E-state index is 6.29. The van der Waals surface area contributed by atoms with Crippen LogP contribution < -0.4 is 15.2 Å². The first-order valence-corrected chi connectivity index (χ1v) is 9.06. The molecule has 0 aliphatic heterocycles. The Kier molecular flexibility index (Phi) is 4.89. The van der Waals surface area contributed by atoms with Gasteiger partial charge in [0.05, 0.1) is 28.6 Å². The van der Waals surface area contributed by atoms with Crippen molar-refractivity contribution in [2.75, 3.05) is 12.8 Å². The molecule has 0 radical (unpaired) electrons. The molecule has 0 bridgehead atoms. The summed E-state index contributed by atoms with van der Waals surface area (Å²) < 4.78 is 13.2. The van der Waals surface area contributed by atoms with Gasteiger partial charge in [0.2, 0.25) is 0 Å². The van der Waals surface area contributed by atoms with Crippen molar-refractivity contribution >= 4 is 28.3 Å². The van der Waals surface area contributed by atoms with E-state index in [0.717, 1.165) is 11.1 Å². The van der Waals surface area contributed by atoms with Crippen LogP contribution in [0.3, 0.4) is 0 Å². The molecule has 0 atom stereocenters. The monoisotopic (exact) mass is 411 g/mol.